The van der Waals surface area contributed by atoms with Crippen molar-refractivity contribution in [3.63, 3.8) is 0 Å². The van der Waals surface area contributed by atoms with E-state index in [9.17, 15) is 23.5 Å². The molecular formula is C31H27F3N4O2. The first kappa shape index (κ1) is 27.2. The molecule has 1 saturated heterocycles. The van der Waals surface area contributed by atoms with Gasteiger partial charge in [-0.05, 0) is 60.7 Å². The topological polar surface area (TPSA) is 86.2 Å². The first-order chi connectivity index (χ1) is 19.1. The highest BCUT2D eigenvalue weighted by molar-refractivity contribution is 5.81. The molecule has 1 atom stereocenters. The number of nitrogens with zero attached hydrogens (tertiary/aromatic N) is 4. The predicted octanol–water partition coefficient (Wildman–Crippen LogP) is 6.86. The number of benzene rings is 2. The van der Waals surface area contributed by atoms with E-state index in [1.54, 1.807) is 18.2 Å². The summed E-state index contributed by atoms with van der Waals surface area (Å²) in [6, 6.07) is 15.4. The van der Waals surface area contributed by atoms with E-state index in [-0.39, 0.29) is 11.8 Å². The molecule has 0 radical (unpaired) electrons. The van der Waals surface area contributed by atoms with Gasteiger partial charge in [-0.1, -0.05) is 37.8 Å². The first-order valence-corrected chi connectivity index (χ1v) is 13.0. The second-order valence-corrected chi connectivity index (χ2v) is 10.2. The summed E-state index contributed by atoms with van der Waals surface area (Å²) in [5.41, 5.74) is 3.40. The SMILES string of the molecule is CC(C)c1cc(C#N)cc2nc(-c3ccc(C(O)C#CC4CCN(c5ccc(C(F)(F)F)cn5)CC4)cc3)oc12. The van der Waals surface area contributed by atoms with Gasteiger partial charge in [-0.2, -0.15) is 18.4 Å². The van der Waals surface area contributed by atoms with Crippen LogP contribution in [-0.2, 0) is 6.18 Å². The first-order valence-electron chi connectivity index (χ1n) is 13.0. The molecule has 1 fully saturated rings. The van der Waals surface area contributed by atoms with Crippen LogP contribution in [0.3, 0.4) is 0 Å². The van der Waals surface area contributed by atoms with Crippen molar-refractivity contribution in [1.82, 2.24) is 9.97 Å². The van der Waals surface area contributed by atoms with Crippen molar-refractivity contribution in [3.05, 3.63) is 77.0 Å². The van der Waals surface area contributed by atoms with E-state index >= 15 is 0 Å². The molecule has 9 heteroatoms. The molecule has 0 bridgehead atoms. The normalized spacial score (nSPS) is 15.1. The van der Waals surface area contributed by atoms with E-state index in [2.05, 4.69) is 27.9 Å². The summed E-state index contributed by atoms with van der Waals surface area (Å²) in [5.74, 6) is 7.30. The van der Waals surface area contributed by atoms with E-state index in [1.165, 1.54) is 6.07 Å². The van der Waals surface area contributed by atoms with E-state index in [0.29, 0.717) is 47.0 Å². The van der Waals surface area contributed by atoms with Gasteiger partial charge in [-0.15, -0.1) is 0 Å². The number of hydrogen-bond donors (Lipinski definition) is 1. The van der Waals surface area contributed by atoms with E-state index in [4.69, 9.17) is 4.42 Å². The van der Waals surface area contributed by atoms with Crippen LogP contribution in [0.1, 0.15) is 61.0 Å². The molecule has 40 heavy (non-hydrogen) atoms. The Morgan fingerprint density at radius 2 is 1.80 bits per heavy atom. The zero-order chi connectivity index (χ0) is 28.4. The largest absolute Gasteiger partial charge is 0.436 e. The maximum Gasteiger partial charge on any atom is 0.417 e. The maximum absolute atomic E-state index is 12.8. The van der Waals surface area contributed by atoms with Gasteiger partial charge >= 0.3 is 6.18 Å². The summed E-state index contributed by atoms with van der Waals surface area (Å²) in [4.78, 5) is 10.5. The Morgan fingerprint density at radius 3 is 2.40 bits per heavy atom. The lowest BCUT2D eigenvalue weighted by molar-refractivity contribution is -0.137. The third-order valence-corrected chi connectivity index (χ3v) is 7.06. The molecule has 6 nitrogen and oxygen atoms in total. The molecule has 1 N–H and O–H groups in total. The van der Waals surface area contributed by atoms with Crippen LogP contribution in [-0.4, -0.2) is 28.2 Å². The van der Waals surface area contributed by atoms with Gasteiger partial charge in [-0.3, -0.25) is 0 Å². The number of nitriles is 1. The van der Waals surface area contributed by atoms with Gasteiger partial charge in [0.25, 0.3) is 0 Å². The van der Waals surface area contributed by atoms with Crippen LogP contribution in [0.2, 0.25) is 0 Å². The Balaban J connectivity index is 1.22. The van der Waals surface area contributed by atoms with Crippen LogP contribution in [0.25, 0.3) is 22.6 Å². The number of rotatable bonds is 4. The minimum Gasteiger partial charge on any atom is -0.436 e. The molecule has 1 aliphatic rings. The smallest absolute Gasteiger partial charge is 0.417 e. The quantitative estimate of drug-likeness (QED) is 0.283. The Bertz CT molecular complexity index is 1600. The maximum atomic E-state index is 12.8. The van der Waals surface area contributed by atoms with Gasteiger partial charge in [0.05, 0.1) is 17.2 Å². The lowest BCUT2D eigenvalue weighted by atomic mass is 9.96. The van der Waals surface area contributed by atoms with Crippen molar-refractivity contribution < 1.29 is 22.7 Å². The summed E-state index contributed by atoms with van der Waals surface area (Å²) < 4.78 is 44.4. The monoisotopic (exact) mass is 544 g/mol. The van der Waals surface area contributed by atoms with Gasteiger partial charge in [0.1, 0.15) is 17.4 Å². The van der Waals surface area contributed by atoms with Crippen molar-refractivity contribution in [2.45, 2.75) is 44.9 Å². The fourth-order valence-corrected chi connectivity index (χ4v) is 4.76. The number of hydrogen-bond acceptors (Lipinski definition) is 6. The number of fused-ring (bicyclic) bond motifs is 1. The van der Waals surface area contributed by atoms with Gasteiger partial charge in [0, 0.05) is 36.3 Å². The highest BCUT2D eigenvalue weighted by Crippen LogP contribution is 2.32. The molecule has 3 heterocycles. The third kappa shape index (κ3) is 5.80. The van der Waals surface area contributed by atoms with Gasteiger partial charge in [0.15, 0.2) is 5.58 Å². The van der Waals surface area contributed by atoms with Gasteiger partial charge in [-0.25, -0.2) is 9.97 Å². The van der Waals surface area contributed by atoms with E-state index < -0.39 is 17.8 Å². The van der Waals surface area contributed by atoms with E-state index in [0.717, 1.165) is 36.2 Å². The minimum atomic E-state index is -4.40. The number of anilines is 1. The van der Waals surface area contributed by atoms with Crippen LogP contribution < -0.4 is 4.90 Å². The number of piperidine rings is 1. The molecule has 2 aromatic heterocycles. The van der Waals surface area contributed by atoms with Crippen LogP contribution in [0.15, 0.2) is 59.1 Å². The standard InChI is InChI=1S/C31H27F3N4O2/c1-19(2)25-15-21(17-35)16-26-29(25)40-30(37-26)23-6-4-22(5-7-23)27(39)9-3-20-11-13-38(14-12-20)28-10-8-24(18-36-28)31(32,33)34/h4-8,10,15-16,18-20,27,39H,11-14H2,1-2H3. The fourth-order valence-electron chi connectivity index (χ4n) is 4.76. The van der Waals surface area contributed by atoms with Gasteiger partial charge in [0.2, 0.25) is 5.89 Å². The van der Waals surface area contributed by atoms with Crippen molar-refractivity contribution in [1.29, 1.82) is 5.26 Å². The Labute approximate surface area is 230 Å². The Hall–Kier alpha value is -4.34. The molecule has 0 amide bonds. The number of alkyl halides is 3. The molecule has 204 valence electrons. The second-order valence-electron chi connectivity index (χ2n) is 10.2. The molecule has 0 spiro atoms. The summed E-state index contributed by atoms with van der Waals surface area (Å²) >= 11 is 0. The second kappa shape index (κ2) is 11.0. The molecule has 2 aromatic carbocycles. The lowest BCUT2D eigenvalue weighted by Gasteiger charge is -2.30. The summed E-state index contributed by atoms with van der Waals surface area (Å²) in [6.07, 6.45) is -3.05. The average molecular weight is 545 g/mol. The Kier molecular flexibility index (Phi) is 7.51. The predicted molar refractivity (Wildman–Crippen MR) is 145 cm³/mol. The zero-order valence-corrected chi connectivity index (χ0v) is 22.0. The van der Waals surface area contributed by atoms with Crippen molar-refractivity contribution in [2.24, 2.45) is 5.92 Å². The number of aliphatic hydroxyl groups is 1. The minimum absolute atomic E-state index is 0.0767. The number of aliphatic hydroxyl groups excluding tert-OH is 1. The van der Waals surface area contributed by atoms with Crippen LogP contribution in [0, 0.1) is 29.1 Å². The van der Waals surface area contributed by atoms with Crippen molar-refractivity contribution in [2.75, 3.05) is 18.0 Å². The lowest BCUT2D eigenvalue weighted by Crippen LogP contribution is -2.33. The molecule has 5 rings (SSSR count). The zero-order valence-electron chi connectivity index (χ0n) is 22.0. The van der Waals surface area contributed by atoms with Crippen LogP contribution >= 0.6 is 0 Å². The van der Waals surface area contributed by atoms with Crippen molar-refractivity contribution in [3.8, 4) is 29.4 Å². The van der Waals surface area contributed by atoms with Crippen molar-refractivity contribution >= 4 is 16.9 Å². The third-order valence-electron chi connectivity index (χ3n) is 7.06. The average Bonchev–Trinajstić information content (AvgIpc) is 3.39. The number of pyridine rings is 1. The molecule has 0 aliphatic carbocycles. The Morgan fingerprint density at radius 1 is 1.07 bits per heavy atom. The molecule has 4 aromatic rings. The highest BCUT2D eigenvalue weighted by Gasteiger charge is 2.31. The van der Waals surface area contributed by atoms with Crippen LogP contribution in [0.5, 0.6) is 0 Å². The number of halogens is 3. The summed E-state index contributed by atoms with van der Waals surface area (Å²) in [5, 5.41) is 20.0. The molecular weight excluding hydrogens is 517 g/mol. The van der Waals surface area contributed by atoms with E-state index in [1.807, 2.05) is 36.9 Å². The number of oxazole rings is 1. The highest BCUT2D eigenvalue weighted by atomic mass is 19.4. The molecule has 1 unspecified atom stereocenters. The molecule has 1 aliphatic heterocycles. The number of aromatic nitrogens is 2. The van der Waals surface area contributed by atoms with Crippen LogP contribution in [0.4, 0.5) is 19.0 Å². The fraction of sp³-hybridized carbons (Fsp3) is 0.323. The molecule has 0 saturated carbocycles. The summed E-state index contributed by atoms with van der Waals surface area (Å²) in [7, 11) is 0. The summed E-state index contributed by atoms with van der Waals surface area (Å²) in [6.45, 7) is 5.33. The van der Waals surface area contributed by atoms with Gasteiger partial charge < -0.3 is 14.4 Å².